The van der Waals surface area contributed by atoms with Crippen molar-refractivity contribution in [2.24, 2.45) is 0 Å². The minimum Gasteiger partial charge on any atom is -0.481 e. The van der Waals surface area contributed by atoms with Crippen molar-refractivity contribution in [1.82, 2.24) is 0 Å². The zero-order valence-corrected chi connectivity index (χ0v) is 8.22. The Kier molecular flexibility index (Phi) is 3.42. The second-order valence-electron chi connectivity index (χ2n) is 2.56. The Morgan fingerprint density at radius 3 is 1.83 bits per heavy atom. The Morgan fingerprint density at radius 2 is 1.58 bits per heavy atom. The van der Waals surface area contributed by atoms with Crippen LogP contribution >= 0.6 is 15.2 Å². The molecule has 6 heteroatoms. The summed E-state index contributed by atoms with van der Waals surface area (Å²) in [5.74, 6) is -1.70. The van der Waals surface area contributed by atoms with E-state index >= 15 is 0 Å². The fraction of sp³-hybridized carbons (Fsp3) is 0.667. The van der Waals surface area contributed by atoms with Crippen LogP contribution in [0.4, 0.5) is 0 Å². The summed E-state index contributed by atoms with van der Waals surface area (Å²) in [6, 6.07) is 0. The molecule has 0 atom stereocenters. The first-order valence-corrected chi connectivity index (χ1v) is 7.66. The zero-order valence-electron chi connectivity index (χ0n) is 6.43. The van der Waals surface area contributed by atoms with E-state index in [1.807, 2.05) is 0 Å². The molecule has 0 bridgehead atoms. The van der Waals surface area contributed by atoms with Crippen molar-refractivity contribution in [3.05, 3.63) is 0 Å². The van der Waals surface area contributed by atoms with Crippen LogP contribution in [0.3, 0.4) is 0 Å². The fourth-order valence-corrected chi connectivity index (χ4v) is 7.38. The first kappa shape index (κ1) is 9.88. The van der Waals surface area contributed by atoms with Gasteiger partial charge in [0.1, 0.15) is 0 Å². The van der Waals surface area contributed by atoms with Crippen LogP contribution in [-0.2, 0) is 9.59 Å². The lowest BCUT2D eigenvalue weighted by Crippen LogP contribution is -2.06. The minimum atomic E-state index is -0.850. The van der Waals surface area contributed by atoms with E-state index in [1.54, 1.807) is 0 Å². The van der Waals surface area contributed by atoms with E-state index in [0.29, 0.717) is 0 Å². The van der Waals surface area contributed by atoms with Crippen molar-refractivity contribution >= 4 is 27.2 Å². The van der Waals surface area contributed by atoms with Gasteiger partial charge in [0.15, 0.2) is 0 Å². The summed E-state index contributed by atoms with van der Waals surface area (Å²) >= 11 is 0. The van der Waals surface area contributed by atoms with Crippen LogP contribution < -0.4 is 0 Å². The predicted octanol–water partition coefficient (Wildman–Crippen LogP) is 1.05. The van der Waals surface area contributed by atoms with Gasteiger partial charge in [-0.2, -0.15) is 0 Å². The second kappa shape index (κ2) is 4.15. The summed E-state index contributed by atoms with van der Waals surface area (Å²) in [6.45, 7) is 0. The van der Waals surface area contributed by atoms with Gasteiger partial charge in [-0.1, -0.05) is 15.2 Å². The lowest BCUT2D eigenvalue weighted by Gasteiger charge is -2.10. The summed E-state index contributed by atoms with van der Waals surface area (Å²) < 4.78 is 0. The molecule has 0 radical (unpaired) electrons. The number of hydrogen-bond donors (Lipinski definition) is 2. The van der Waals surface area contributed by atoms with Gasteiger partial charge in [-0.3, -0.25) is 9.59 Å². The van der Waals surface area contributed by atoms with Gasteiger partial charge in [-0.15, -0.1) is 0 Å². The Labute approximate surface area is 72.4 Å². The van der Waals surface area contributed by atoms with E-state index in [1.165, 1.54) is 0 Å². The predicted molar refractivity (Wildman–Crippen MR) is 48.6 cm³/mol. The normalized spacial score (nSPS) is 16.4. The number of hydrogen-bond acceptors (Lipinski definition) is 2. The van der Waals surface area contributed by atoms with Crippen molar-refractivity contribution < 1.29 is 19.8 Å². The largest absolute Gasteiger partial charge is 0.481 e. The van der Waals surface area contributed by atoms with Crippen LogP contribution in [0.2, 0.25) is 0 Å². The third kappa shape index (κ3) is 3.46. The first-order valence-electron chi connectivity index (χ1n) is 3.53. The summed E-state index contributed by atoms with van der Waals surface area (Å²) in [4.78, 5) is 20.7. The Balaban J connectivity index is 2.37. The zero-order chi connectivity index (χ0) is 9.14. The first-order chi connectivity index (χ1) is 5.59. The molecule has 68 valence electrons. The molecule has 1 fully saturated rings. The Bertz CT molecular complexity index is 186. The van der Waals surface area contributed by atoms with Gasteiger partial charge in [-0.25, -0.2) is 0 Å². The lowest BCUT2D eigenvalue weighted by atomic mass is 10.8. The highest BCUT2D eigenvalue weighted by atomic mass is 32.1. The maximum atomic E-state index is 10.4. The molecule has 0 aliphatic carbocycles. The molecular weight excluding hydrogens is 198 g/mol. The highest BCUT2D eigenvalue weighted by molar-refractivity contribution is 8.33. The van der Waals surface area contributed by atoms with Gasteiger partial charge in [0.25, 0.3) is 0 Å². The molecule has 0 unspecified atom stereocenters. The topological polar surface area (TPSA) is 74.6 Å². The Hall–Kier alpha value is -0.200. The van der Waals surface area contributed by atoms with E-state index in [-0.39, 0.29) is 19.9 Å². The highest BCUT2D eigenvalue weighted by Crippen LogP contribution is 2.77. The van der Waals surface area contributed by atoms with E-state index < -0.39 is 19.5 Å². The van der Waals surface area contributed by atoms with Gasteiger partial charge in [-0.05, 0) is 12.3 Å². The minimum absolute atomic E-state index is 0.0906. The molecule has 0 saturated carbocycles. The highest BCUT2D eigenvalue weighted by Gasteiger charge is 2.32. The van der Waals surface area contributed by atoms with Crippen LogP contribution in [0.1, 0.15) is 0 Å². The molecule has 4 nitrogen and oxygen atoms in total. The molecule has 0 aromatic heterocycles. The molecule has 2 N–H and O–H groups in total. The van der Waals surface area contributed by atoms with Crippen molar-refractivity contribution in [3.63, 3.8) is 0 Å². The second-order valence-corrected chi connectivity index (χ2v) is 9.51. The molecule has 1 rings (SSSR count). The van der Waals surface area contributed by atoms with E-state index in [0.717, 1.165) is 12.3 Å². The summed E-state index contributed by atoms with van der Waals surface area (Å²) in [6.07, 6.45) is 2.35. The molecule has 1 aliphatic heterocycles. The van der Waals surface area contributed by atoms with Crippen LogP contribution in [0.15, 0.2) is 0 Å². The van der Waals surface area contributed by atoms with Crippen molar-refractivity contribution in [3.8, 4) is 0 Å². The average Bonchev–Trinajstić information content (AvgIpc) is 2.63. The van der Waals surface area contributed by atoms with Crippen LogP contribution in [0.25, 0.3) is 0 Å². The van der Waals surface area contributed by atoms with Gasteiger partial charge in [0.05, 0.1) is 12.3 Å². The van der Waals surface area contributed by atoms with E-state index in [2.05, 4.69) is 0 Å². The quantitative estimate of drug-likeness (QED) is 0.662. The molecular formula is C6H10O4P2. The Morgan fingerprint density at radius 1 is 1.17 bits per heavy atom. The summed E-state index contributed by atoms with van der Waals surface area (Å²) in [5, 5.41) is 17.0. The van der Waals surface area contributed by atoms with Gasteiger partial charge >= 0.3 is 11.9 Å². The van der Waals surface area contributed by atoms with Crippen LogP contribution in [0, 0.1) is 0 Å². The van der Waals surface area contributed by atoms with Crippen molar-refractivity contribution in [1.29, 1.82) is 0 Å². The third-order valence-corrected chi connectivity index (χ3v) is 8.83. The van der Waals surface area contributed by atoms with Crippen molar-refractivity contribution in [2.45, 2.75) is 0 Å². The molecule has 0 amide bonds. The molecule has 0 aromatic rings. The summed E-state index contributed by atoms with van der Waals surface area (Å²) in [7, 11) is -0.897. The molecule has 1 aliphatic rings. The maximum absolute atomic E-state index is 10.4. The number of carboxylic acids is 2. The third-order valence-electron chi connectivity index (χ3n) is 1.46. The maximum Gasteiger partial charge on any atom is 0.308 e. The average molecular weight is 208 g/mol. The van der Waals surface area contributed by atoms with Gasteiger partial charge in [0, 0.05) is 0 Å². The molecule has 0 aromatic carbocycles. The van der Waals surface area contributed by atoms with Gasteiger partial charge < -0.3 is 10.2 Å². The SMILES string of the molecule is O=C(O)CP(CC(=O)O)P1CC1. The molecule has 1 saturated heterocycles. The monoisotopic (exact) mass is 208 g/mol. The fourth-order valence-electron chi connectivity index (χ4n) is 0.896. The molecule has 1 heterocycles. The number of carbonyl (C=O) groups is 2. The lowest BCUT2D eigenvalue weighted by molar-refractivity contribution is -0.134. The number of carboxylic acid groups (broad SMARTS) is 2. The molecule has 0 spiro atoms. The molecule has 12 heavy (non-hydrogen) atoms. The summed E-state index contributed by atoms with van der Waals surface area (Å²) in [5.41, 5.74) is 0. The van der Waals surface area contributed by atoms with E-state index in [4.69, 9.17) is 10.2 Å². The van der Waals surface area contributed by atoms with Gasteiger partial charge in [0.2, 0.25) is 0 Å². The van der Waals surface area contributed by atoms with Crippen LogP contribution in [-0.4, -0.2) is 46.8 Å². The smallest absolute Gasteiger partial charge is 0.308 e. The van der Waals surface area contributed by atoms with Crippen molar-refractivity contribution in [2.75, 3.05) is 24.6 Å². The number of aliphatic carboxylic acids is 2. The van der Waals surface area contributed by atoms with E-state index in [9.17, 15) is 9.59 Å². The number of rotatable bonds is 5. The standard InChI is InChI=1S/C6H10O4P2/c7-5(8)3-12(4-6(9)10)11-1-2-11/h1-4H2,(H,7,8)(H,9,10). The van der Waals surface area contributed by atoms with Crippen LogP contribution in [0.5, 0.6) is 0 Å².